The van der Waals surface area contributed by atoms with Gasteiger partial charge in [0.2, 0.25) is 0 Å². The molecule has 0 aliphatic carbocycles. The highest BCUT2D eigenvalue weighted by atomic mass is 32.2. The van der Waals surface area contributed by atoms with Gasteiger partial charge in [0.1, 0.15) is 0 Å². The van der Waals surface area contributed by atoms with Crippen molar-refractivity contribution in [3.8, 4) is 0 Å². The lowest BCUT2D eigenvalue weighted by Crippen LogP contribution is -2.41. The summed E-state index contributed by atoms with van der Waals surface area (Å²) >= 11 is 2.12. The lowest BCUT2D eigenvalue weighted by Gasteiger charge is -2.44. The minimum absolute atomic E-state index is 0.562. The van der Waals surface area contributed by atoms with E-state index in [4.69, 9.17) is 0 Å². The van der Waals surface area contributed by atoms with Gasteiger partial charge in [0, 0.05) is 10.5 Å². The van der Waals surface area contributed by atoms with Gasteiger partial charge in [-0.2, -0.15) is 11.8 Å². The number of thioether (sulfide) groups is 1. The molecule has 0 saturated carbocycles. The average Bonchev–Trinajstić information content (AvgIpc) is 2.38. The number of benzene rings is 1. The third-order valence-electron chi connectivity index (χ3n) is 4.47. The highest BCUT2D eigenvalue weighted by Crippen LogP contribution is 2.50. The van der Waals surface area contributed by atoms with Crippen molar-refractivity contribution in [1.29, 1.82) is 0 Å². The summed E-state index contributed by atoms with van der Waals surface area (Å²) in [5.41, 5.74) is 1.96. The van der Waals surface area contributed by atoms with Gasteiger partial charge < -0.3 is 5.11 Å². The molecule has 0 radical (unpaired) electrons. The second-order valence-corrected chi connectivity index (χ2v) is 7.37. The Morgan fingerprint density at radius 3 is 2.56 bits per heavy atom. The molecule has 1 aromatic rings. The van der Waals surface area contributed by atoms with Crippen molar-refractivity contribution < 1.29 is 5.11 Å². The first kappa shape index (κ1) is 12.6. The van der Waals surface area contributed by atoms with Crippen molar-refractivity contribution in [2.24, 2.45) is 0 Å². The number of aryl methyl sites for hydroxylation is 1. The fourth-order valence-electron chi connectivity index (χ4n) is 3.62. The van der Waals surface area contributed by atoms with E-state index in [1.165, 1.54) is 30.4 Å². The van der Waals surface area contributed by atoms with E-state index in [-0.39, 0.29) is 0 Å². The Morgan fingerprint density at radius 1 is 1.22 bits per heavy atom. The quantitative estimate of drug-likeness (QED) is 0.872. The molecule has 3 rings (SSSR count). The number of fused-ring (bicyclic) bond motifs is 2. The lowest BCUT2D eigenvalue weighted by atomic mass is 9.78. The first-order valence-corrected chi connectivity index (χ1v) is 8.12. The molecule has 2 bridgehead atoms. The summed E-state index contributed by atoms with van der Waals surface area (Å²) in [6.07, 6.45) is 6.85. The second-order valence-electron chi connectivity index (χ2n) is 5.76. The molecule has 2 aliphatic rings. The Hall–Kier alpha value is -0.470. The van der Waals surface area contributed by atoms with Gasteiger partial charge >= 0.3 is 0 Å². The summed E-state index contributed by atoms with van der Waals surface area (Å²) in [4.78, 5) is 0. The predicted octanol–water partition coefficient (Wildman–Crippen LogP) is 3.88. The van der Waals surface area contributed by atoms with E-state index in [0.717, 1.165) is 19.3 Å². The van der Waals surface area contributed by atoms with Gasteiger partial charge in [-0.15, -0.1) is 0 Å². The Labute approximate surface area is 114 Å². The average molecular weight is 262 g/mol. The number of aliphatic hydroxyl groups is 1. The molecule has 1 aromatic carbocycles. The van der Waals surface area contributed by atoms with E-state index in [1.54, 1.807) is 0 Å². The summed E-state index contributed by atoms with van der Waals surface area (Å²) in [5, 5.41) is 12.5. The molecule has 0 aromatic heterocycles. The third-order valence-corrected chi connectivity index (χ3v) is 6.04. The fraction of sp³-hybridized carbons (Fsp3) is 0.625. The molecule has 2 saturated heterocycles. The van der Waals surface area contributed by atoms with Crippen molar-refractivity contribution >= 4 is 11.8 Å². The van der Waals surface area contributed by atoms with Crippen LogP contribution < -0.4 is 0 Å². The Balaban J connectivity index is 1.94. The van der Waals surface area contributed by atoms with Crippen LogP contribution in [0.15, 0.2) is 24.3 Å². The third kappa shape index (κ3) is 2.21. The maximum absolute atomic E-state index is 11.1. The molecule has 1 nitrogen and oxygen atoms in total. The van der Waals surface area contributed by atoms with Crippen LogP contribution in [0.5, 0.6) is 0 Å². The lowest BCUT2D eigenvalue weighted by molar-refractivity contribution is 0.00737. The Kier molecular flexibility index (Phi) is 3.42. The molecule has 2 unspecified atom stereocenters. The summed E-state index contributed by atoms with van der Waals surface area (Å²) < 4.78 is 0. The van der Waals surface area contributed by atoms with Gasteiger partial charge in [-0.3, -0.25) is 0 Å². The summed E-state index contributed by atoms with van der Waals surface area (Å²) in [6, 6.07) is 8.48. The first-order chi connectivity index (χ1) is 8.71. The second kappa shape index (κ2) is 4.90. The van der Waals surface area contributed by atoms with Gasteiger partial charge in [-0.25, -0.2) is 0 Å². The zero-order chi connectivity index (χ0) is 12.6. The summed E-state index contributed by atoms with van der Waals surface area (Å²) in [7, 11) is 0. The van der Waals surface area contributed by atoms with Gasteiger partial charge in [0.25, 0.3) is 0 Å². The van der Waals surface area contributed by atoms with E-state index < -0.39 is 5.60 Å². The van der Waals surface area contributed by atoms with E-state index >= 15 is 0 Å². The minimum Gasteiger partial charge on any atom is -0.385 e. The highest BCUT2D eigenvalue weighted by molar-refractivity contribution is 8.00. The van der Waals surface area contributed by atoms with E-state index in [0.29, 0.717) is 10.5 Å². The van der Waals surface area contributed by atoms with Crippen molar-refractivity contribution in [2.45, 2.75) is 61.5 Å². The smallest absolute Gasteiger partial charge is 0.0920 e. The van der Waals surface area contributed by atoms with Crippen LogP contribution in [0.25, 0.3) is 0 Å². The van der Waals surface area contributed by atoms with Crippen LogP contribution in [0.3, 0.4) is 0 Å². The Bertz CT molecular complexity index is 417. The molecule has 0 spiro atoms. The van der Waals surface area contributed by atoms with Crippen LogP contribution in [0.2, 0.25) is 0 Å². The predicted molar refractivity (Wildman–Crippen MR) is 78.0 cm³/mol. The molecule has 2 heterocycles. The first-order valence-electron chi connectivity index (χ1n) is 7.17. The molecular formula is C16H22OS. The molecule has 1 N–H and O–H groups in total. The standard InChI is InChI=1S/C16H22OS/c1-2-12-6-3-4-9-15(12)16(17)10-13-7-5-8-14(11-16)18-13/h3-4,6,9,13-14,17H,2,5,7-8,10-11H2,1H3. The maximum atomic E-state index is 11.1. The van der Waals surface area contributed by atoms with E-state index in [1.807, 2.05) is 0 Å². The molecule has 98 valence electrons. The van der Waals surface area contributed by atoms with Crippen LogP contribution in [-0.2, 0) is 12.0 Å². The van der Waals surface area contributed by atoms with Crippen molar-refractivity contribution in [3.63, 3.8) is 0 Å². The SMILES string of the molecule is CCc1ccccc1C1(O)CC2CCCC(C1)S2. The largest absolute Gasteiger partial charge is 0.385 e. The van der Waals surface area contributed by atoms with E-state index in [2.05, 4.69) is 43.0 Å². The number of hydrogen-bond donors (Lipinski definition) is 1. The molecule has 2 heteroatoms. The molecule has 18 heavy (non-hydrogen) atoms. The van der Waals surface area contributed by atoms with Crippen LogP contribution in [0.4, 0.5) is 0 Å². The molecule has 2 fully saturated rings. The van der Waals surface area contributed by atoms with Gasteiger partial charge in [-0.05, 0) is 43.2 Å². The van der Waals surface area contributed by atoms with Crippen molar-refractivity contribution in [2.75, 3.05) is 0 Å². The minimum atomic E-state index is -0.562. The van der Waals surface area contributed by atoms with Gasteiger partial charge in [0.05, 0.1) is 5.60 Å². The van der Waals surface area contributed by atoms with Crippen molar-refractivity contribution in [1.82, 2.24) is 0 Å². The van der Waals surface area contributed by atoms with Crippen LogP contribution in [-0.4, -0.2) is 15.6 Å². The zero-order valence-corrected chi connectivity index (χ0v) is 11.9. The molecule has 0 amide bonds. The van der Waals surface area contributed by atoms with Crippen LogP contribution >= 0.6 is 11.8 Å². The summed E-state index contributed by atoms with van der Waals surface area (Å²) in [5.74, 6) is 0. The van der Waals surface area contributed by atoms with Gasteiger partial charge in [-0.1, -0.05) is 37.6 Å². The molecular weight excluding hydrogens is 240 g/mol. The molecule has 2 atom stereocenters. The maximum Gasteiger partial charge on any atom is 0.0920 e. The normalized spacial score (nSPS) is 35.4. The molecule has 2 aliphatic heterocycles. The Morgan fingerprint density at radius 2 is 1.89 bits per heavy atom. The topological polar surface area (TPSA) is 20.2 Å². The fourth-order valence-corrected chi connectivity index (χ4v) is 5.51. The van der Waals surface area contributed by atoms with Crippen LogP contribution in [0, 0.1) is 0 Å². The number of hydrogen-bond acceptors (Lipinski definition) is 2. The van der Waals surface area contributed by atoms with E-state index in [9.17, 15) is 5.11 Å². The number of rotatable bonds is 2. The zero-order valence-electron chi connectivity index (χ0n) is 11.1. The summed E-state index contributed by atoms with van der Waals surface area (Å²) in [6.45, 7) is 2.18. The monoisotopic (exact) mass is 262 g/mol. The highest BCUT2D eigenvalue weighted by Gasteiger charge is 2.43. The van der Waals surface area contributed by atoms with Crippen LogP contribution in [0.1, 0.15) is 50.2 Å². The van der Waals surface area contributed by atoms with Crippen molar-refractivity contribution in [3.05, 3.63) is 35.4 Å². The van der Waals surface area contributed by atoms with Gasteiger partial charge in [0.15, 0.2) is 0 Å².